The van der Waals surface area contributed by atoms with Gasteiger partial charge in [0, 0.05) is 18.2 Å². The van der Waals surface area contributed by atoms with Crippen molar-refractivity contribution in [1.29, 1.82) is 0 Å². The van der Waals surface area contributed by atoms with Gasteiger partial charge in [0.25, 0.3) is 0 Å². The SMILES string of the molecule is O=C(O)c1cc(-c2ccccc2COc2cc(F)cc(F)c2)ccc1O. The molecule has 0 aliphatic rings. The second kappa shape index (κ2) is 7.23. The van der Waals surface area contributed by atoms with Gasteiger partial charge in [-0.05, 0) is 28.8 Å². The number of phenols is 1. The normalized spacial score (nSPS) is 10.5. The number of aromatic carboxylic acids is 1. The summed E-state index contributed by atoms with van der Waals surface area (Å²) in [6.07, 6.45) is 0. The Bertz CT molecular complexity index is 950. The van der Waals surface area contributed by atoms with Gasteiger partial charge in [-0.2, -0.15) is 0 Å². The molecule has 3 rings (SSSR count). The maximum atomic E-state index is 13.3. The summed E-state index contributed by atoms with van der Waals surface area (Å²) in [5, 5.41) is 18.8. The van der Waals surface area contributed by atoms with Gasteiger partial charge in [0.2, 0.25) is 0 Å². The molecule has 0 radical (unpaired) electrons. The summed E-state index contributed by atoms with van der Waals surface area (Å²) in [4.78, 5) is 11.2. The Morgan fingerprint density at radius 3 is 2.35 bits per heavy atom. The van der Waals surface area contributed by atoms with Crippen molar-refractivity contribution in [2.75, 3.05) is 0 Å². The maximum Gasteiger partial charge on any atom is 0.339 e. The first kappa shape index (κ1) is 17.4. The third kappa shape index (κ3) is 3.80. The molecule has 3 aromatic rings. The summed E-state index contributed by atoms with van der Waals surface area (Å²) in [6.45, 7) is 0.0301. The van der Waals surface area contributed by atoms with Crippen LogP contribution in [0.3, 0.4) is 0 Å². The average Bonchev–Trinajstić information content (AvgIpc) is 2.60. The second-order valence-corrected chi connectivity index (χ2v) is 5.59. The molecule has 0 unspecified atom stereocenters. The predicted octanol–water partition coefficient (Wildman–Crippen LogP) is 4.61. The first-order valence-electron chi connectivity index (χ1n) is 7.67. The van der Waals surface area contributed by atoms with Crippen LogP contribution in [0, 0.1) is 11.6 Å². The van der Waals surface area contributed by atoms with Crippen molar-refractivity contribution in [2.45, 2.75) is 6.61 Å². The number of ether oxygens (including phenoxy) is 1. The van der Waals surface area contributed by atoms with Crippen molar-refractivity contribution in [2.24, 2.45) is 0 Å². The highest BCUT2D eigenvalue weighted by molar-refractivity contribution is 5.92. The number of benzene rings is 3. The summed E-state index contributed by atoms with van der Waals surface area (Å²) in [5.41, 5.74) is 1.74. The van der Waals surface area contributed by atoms with Crippen molar-refractivity contribution >= 4 is 5.97 Å². The molecule has 0 saturated heterocycles. The summed E-state index contributed by atoms with van der Waals surface area (Å²) in [7, 11) is 0. The average molecular weight is 356 g/mol. The van der Waals surface area contributed by atoms with Crippen LogP contribution in [0.2, 0.25) is 0 Å². The van der Waals surface area contributed by atoms with Crippen LogP contribution in [0.1, 0.15) is 15.9 Å². The van der Waals surface area contributed by atoms with E-state index in [1.807, 2.05) is 0 Å². The summed E-state index contributed by atoms with van der Waals surface area (Å²) in [5.74, 6) is -3.00. The van der Waals surface area contributed by atoms with E-state index in [0.717, 1.165) is 18.2 Å². The zero-order valence-corrected chi connectivity index (χ0v) is 13.4. The molecule has 3 aromatic carbocycles. The van der Waals surface area contributed by atoms with Crippen molar-refractivity contribution in [1.82, 2.24) is 0 Å². The van der Waals surface area contributed by atoms with Crippen LogP contribution in [0.4, 0.5) is 8.78 Å². The van der Waals surface area contributed by atoms with Crippen LogP contribution < -0.4 is 4.74 Å². The summed E-state index contributed by atoms with van der Waals surface area (Å²) in [6, 6.07) is 14.2. The van der Waals surface area contributed by atoms with Crippen LogP contribution in [0.5, 0.6) is 11.5 Å². The number of carboxylic acids is 1. The van der Waals surface area contributed by atoms with Crippen molar-refractivity contribution in [3.05, 3.63) is 83.4 Å². The number of carboxylic acid groups (broad SMARTS) is 1. The smallest absolute Gasteiger partial charge is 0.339 e. The standard InChI is InChI=1S/C20H14F2O4/c21-14-8-15(22)10-16(9-14)26-11-13-3-1-2-4-17(13)12-5-6-19(23)18(7-12)20(24)25/h1-10,23H,11H2,(H,24,25). The van der Waals surface area contributed by atoms with Gasteiger partial charge in [0.05, 0.1) is 0 Å². The summed E-state index contributed by atoms with van der Waals surface area (Å²) < 4.78 is 32.0. The molecule has 0 amide bonds. The lowest BCUT2D eigenvalue weighted by molar-refractivity contribution is 0.0694. The van der Waals surface area contributed by atoms with Crippen molar-refractivity contribution in [3.63, 3.8) is 0 Å². The number of carbonyl (C=O) groups is 1. The Labute approximate surface area is 147 Å². The van der Waals surface area contributed by atoms with E-state index in [4.69, 9.17) is 9.84 Å². The van der Waals surface area contributed by atoms with E-state index < -0.39 is 17.6 Å². The fourth-order valence-corrected chi connectivity index (χ4v) is 2.58. The Hall–Kier alpha value is -3.41. The molecule has 0 aliphatic heterocycles. The van der Waals surface area contributed by atoms with Crippen molar-refractivity contribution < 1.29 is 28.5 Å². The molecule has 0 atom stereocenters. The zero-order valence-electron chi connectivity index (χ0n) is 13.4. The van der Waals surface area contributed by atoms with Gasteiger partial charge in [-0.15, -0.1) is 0 Å². The molecule has 6 heteroatoms. The van der Waals surface area contributed by atoms with Crippen LogP contribution in [-0.4, -0.2) is 16.2 Å². The van der Waals surface area contributed by atoms with Crippen LogP contribution in [0.15, 0.2) is 60.7 Å². The molecule has 0 spiro atoms. The molecular formula is C20H14F2O4. The van der Waals surface area contributed by atoms with Gasteiger partial charge in [0.15, 0.2) is 0 Å². The molecule has 0 saturated carbocycles. The molecular weight excluding hydrogens is 342 g/mol. The van der Waals surface area contributed by atoms with Crippen LogP contribution in [-0.2, 0) is 6.61 Å². The topological polar surface area (TPSA) is 66.8 Å². The highest BCUT2D eigenvalue weighted by Crippen LogP contribution is 2.29. The number of aromatic hydroxyl groups is 1. The molecule has 0 aliphatic carbocycles. The van der Waals surface area contributed by atoms with E-state index in [9.17, 15) is 18.7 Å². The monoisotopic (exact) mass is 356 g/mol. The molecule has 2 N–H and O–H groups in total. The number of hydrogen-bond donors (Lipinski definition) is 2. The Morgan fingerprint density at radius 1 is 0.962 bits per heavy atom. The minimum Gasteiger partial charge on any atom is -0.507 e. The minimum atomic E-state index is -1.24. The predicted molar refractivity (Wildman–Crippen MR) is 91.2 cm³/mol. The Morgan fingerprint density at radius 2 is 1.65 bits per heavy atom. The number of halogens is 2. The molecule has 0 bridgehead atoms. The van der Waals surface area contributed by atoms with E-state index >= 15 is 0 Å². The van der Waals surface area contributed by atoms with E-state index in [2.05, 4.69) is 0 Å². The lowest BCUT2D eigenvalue weighted by Crippen LogP contribution is -2.00. The second-order valence-electron chi connectivity index (χ2n) is 5.59. The maximum absolute atomic E-state index is 13.3. The summed E-state index contributed by atoms with van der Waals surface area (Å²) >= 11 is 0. The van der Waals surface area contributed by atoms with E-state index in [1.165, 1.54) is 12.1 Å². The quantitative estimate of drug-likeness (QED) is 0.700. The van der Waals surface area contributed by atoms with Gasteiger partial charge in [-0.25, -0.2) is 13.6 Å². The fourth-order valence-electron chi connectivity index (χ4n) is 2.58. The zero-order chi connectivity index (χ0) is 18.7. The highest BCUT2D eigenvalue weighted by atomic mass is 19.1. The Balaban J connectivity index is 1.91. The third-order valence-corrected chi connectivity index (χ3v) is 3.79. The molecule has 0 fully saturated rings. The number of rotatable bonds is 5. The van der Waals surface area contributed by atoms with E-state index in [-0.39, 0.29) is 23.7 Å². The van der Waals surface area contributed by atoms with Gasteiger partial charge in [0.1, 0.15) is 35.3 Å². The van der Waals surface area contributed by atoms with E-state index in [0.29, 0.717) is 16.7 Å². The van der Waals surface area contributed by atoms with Gasteiger partial charge in [-0.3, -0.25) is 0 Å². The van der Waals surface area contributed by atoms with Crippen LogP contribution in [0.25, 0.3) is 11.1 Å². The molecule has 4 nitrogen and oxygen atoms in total. The fraction of sp³-hybridized carbons (Fsp3) is 0.0500. The molecule has 132 valence electrons. The molecule has 26 heavy (non-hydrogen) atoms. The lowest BCUT2D eigenvalue weighted by atomic mass is 9.98. The minimum absolute atomic E-state index is 0.0301. The first-order chi connectivity index (χ1) is 12.4. The first-order valence-corrected chi connectivity index (χ1v) is 7.67. The van der Waals surface area contributed by atoms with Gasteiger partial charge < -0.3 is 14.9 Å². The van der Waals surface area contributed by atoms with Gasteiger partial charge >= 0.3 is 5.97 Å². The van der Waals surface area contributed by atoms with Crippen LogP contribution >= 0.6 is 0 Å². The third-order valence-electron chi connectivity index (χ3n) is 3.79. The number of hydrogen-bond acceptors (Lipinski definition) is 3. The molecule has 0 heterocycles. The van der Waals surface area contributed by atoms with E-state index in [1.54, 1.807) is 30.3 Å². The molecule has 0 aromatic heterocycles. The largest absolute Gasteiger partial charge is 0.507 e. The lowest BCUT2D eigenvalue weighted by Gasteiger charge is -2.12. The highest BCUT2D eigenvalue weighted by Gasteiger charge is 2.13. The Kier molecular flexibility index (Phi) is 4.84. The van der Waals surface area contributed by atoms with Gasteiger partial charge in [-0.1, -0.05) is 30.3 Å². The van der Waals surface area contributed by atoms with Crippen molar-refractivity contribution in [3.8, 4) is 22.6 Å².